The number of piperazine rings is 1. The van der Waals surface area contributed by atoms with Crippen molar-refractivity contribution in [3.63, 3.8) is 0 Å². The van der Waals surface area contributed by atoms with Crippen molar-refractivity contribution in [2.24, 2.45) is 0 Å². The molecule has 39 heavy (non-hydrogen) atoms. The highest BCUT2D eigenvalue weighted by molar-refractivity contribution is 7.89. The summed E-state index contributed by atoms with van der Waals surface area (Å²) in [5, 5.41) is 12.6. The molecule has 1 atom stereocenters. The first kappa shape index (κ1) is 27.2. The molecule has 2 aromatic rings. The van der Waals surface area contributed by atoms with Gasteiger partial charge in [0.2, 0.25) is 15.9 Å². The molecule has 4 heterocycles. The summed E-state index contributed by atoms with van der Waals surface area (Å²) in [4.78, 5) is 36.6. The van der Waals surface area contributed by atoms with E-state index in [4.69, 9.17) is 4.98 Å². The van der Waals surface area contributed by atoms with Crippen molar-refractivity contribution in [1.29, 1.82) is 0 Å². The number of fused-ring (bicyclic) bond motifs is 1. The quantitative estimate of drug-likeness (QED) is 0.568. The molecule has 2 N–H and O–H groups in total. The Morgan fingerprint density at radius 1 is 1.03 bits per heavy atom. The summed E-state index contributed by atoms with van der Waals surface area (Å²) in [6.07, 6.45) is 0.259. The number of piperidine rings is 1. The fourth-order valence-corrected chi connectivity index (χ4v) is 7.02. The van der Waals surface area contributed by atoms with Crippen LogP contribution in [0.25, 0.3) is 0 Å². The Morgan fingerprint density at radius 3 is 2.38 bits per heavy atom. The average molecular weight is 558 g/mol. The Hall–Kier alpha value is -3.42. The number of likely N-dealkylation sites (tertiary alicyclic amines) is 1. The maximum Gasteiger partial charge on any atom is 0.407 e. The van der Waals surface area contributed by atoms with Gasteiger partial charge in [-0.3, -0.25) is 4.79 Å². The molecule has 1 aromatic heterocycles. The van der Waals surface area contributed by atoms with E-state index in [1.807, 2.05) is 24.9 Å². The van der Waals surface area contributed by atoms with Crippen LogP contribution in [0.4, 0.5) is 27.8 Å². The summed E-state index contributed by atoms with van der Waals surface area (Å²) >= 11 is 0. The van der Waals surface area contributed by atoms with Gasteiger partial charge in [0, 0.05) is 58.0 Å². The number of nitrogens with zero attached hydrogens (tertiary/aromatic N) is 6. The van der Waals surface area contributed by atoms with Gasteiger partial charge in [-0.15, -0.1) is 0 Å². The van der Waals surface area contributed by atoms with Crippen LogP contribution < -0.4 is 15.1 Å². The number of amides is 2. The van der Waals surface area contributed by atoms with E-state index in [0.29, 0.717) is 75.1 Å². The van der Waals surface area contributed by atoms with E-state index in [0.717, 1.165) is 0 Å². The SMILES string of the molecule is C[C@@H]1C(=O)N(C)c2ccc(Nc3cccc(S(=O)(=O)N4CCN(C)CC4)c3)nc2N1C1CCN(C(=O)O)CC1. The van der Waals surface area contributed by atoms with E-state index in [1.165, 1.54) is 9.21 Å². The minimum atomic E-state index is -3.62. The fraction of sp³-hybridized carbons (Fsp3) is 0.500. The molecule has 0 radical (unpaired) electrons. The normalized spacial score (nSPS) is 21.7. The summed E-state index contributed by atoms with van der Waals surface area (Å²) < 4.78 is 28.0. The topological polar surface area (TPSA) is 130 Å². The Kier molecular flexibility index (Phi) is 7.40. The molecule has 1 aromatic carbocycles. The molecule has 12 nitrogen and oxygen atoms in total. The molecule has 13 heteroatoms. The molecule has 2 fully saturated rings. The second-order valence-electron chi connectivity index (χ2n) is 10.4. The molecular formula is C26H35N7O5S. The molecule has 3 aliphatic rings. The number of sulfonamides is 1. The zero-order chi connectivity index (χ0) is 27.9. The molecule has 0 spiro atoms. The van der Waals surface area contributed by atoms with Crippen molar-refractivity contribution >= 4 is 45.0 Å². The second-order valence-corrected chi connectivity index (χ2v) is 12.3. The number of carbonyl (C=O) groups excluding carboxylic acids is 1. The average Bonchev–Trinajstić information content (AvgIpc) is 2.92. The van der Waals surface area contributed by atoms with E-state index >= 15 is 0 Å². The summed E-state index contributed by atoms with van der Waals surface area (Å²) in [7, 11) is 0.0853. The number of pyridine rings is 1. The van der Waals surface area contributed by atoms with Crippen LogP contribution in [0.2, 0.25) is 0 Å². The van der Waals surface area contributed by atoms with Crippen LogP contribution in [0.3, 0.4) is 0 Å². The first-order valence-electron chi connectivity index (χ1n) is 13.2. The van der Waals surface area contributed by atoms with Gasteiger partial charge in [0.1, 0.15) is 11.9 Å². The Labute approximate surface area is 228 Å². The van der Waals surface area contributed by atoms with Gasteiger partial charge in [0.15, 0.2) is 5.82 Å². The van der Waals surface area contributed by atoms with Gasteiger partial charge < -0.3 is 30.0 Å². The zero-order valence-corrected chi connectivity index (χ0v) is 23.3. The number of nitrogens with one attached hydrogen (secondary N) is 1. The number of benzene rings is 1. The first-order chi connectivity index (χ1) is 18.6. The third-order valence-corrected chi connectivity index (χ3v) is 9.80. The number of likely N-dealkylation sites (N-methyl/N-ethyl adjacent to an activating group) is 2. The van der Waals surface area contributed by atoms with Crippen LogP contribution in [-0.4, -0.2) is 110 Å². The number of rotatable bonds is 5. The maximum absolute atomic E-state index is 13.3. The number of aromatic nitrogens is 1. The molecule has 0 unspecified atom stereocenters. The van der Waals surface area contributed by atoms with Crippen LogP contribution >= 0.6 is 0 Å². The largest absolute Gasteiger partial charge is 0.465 e. The van der Waals surface area contributed by atoms with Gasteiger partial charge in [-0.1, -0.05) is 6.07 Å². The number of carbonyl (C=O) groups is 2. The number of carboxylic acid groups (broad SMARTS) is 1. The minimum Gasteiger partial charge on any atom is -0.465 e. The molecule has 3 aliphatic heterocycles. The Balaban J connectivity index is 1.40. The molecule has 2 saturated heterocycles. The van der Waals surface area contributed by atoms with Gasteiger partial charge >= 0.3 is 6.09 Å². The maximum atomic E-state index is 13.3. The lowest BCUT2D eigenvalue weighted by atomic mass is 9.99. The van der Waals surface area contributed by atoms with Crippen molar-refractivity contribution in [2.45, 2.75) is 36.7 Å². The third kappa shape index (κ3) is 5.25. The van der Waals surface area contributed by atoms with E-state index in [2.05, 4.69) is 10.2 Å². The summed E-state index contributed by atoms with van der Waals surface area (Å²) in [5.41, 5.74) is 1.27. The highest BCUT2D eigenvalue weighted by Gasteiger charge is 2.40. The van der Waals surface area contributed by atoms with E-state index < -0.39 is 22.2 Å². The van der Waals surface area contributed by atoms with Crippen molar-refractivity contribution in [3.8, 4) is 0 Å². The number of anilines is 4. The van der Waals surface area contributed by atoms with Crippen molar-refractivity contribution in [3.05, 3.63) is 36.4 Å². The monoisotopic (exact) mass is 557 g/mol. The summed E-state index contributed by atoms with van der Waals surface area (Å²) in [5.74, 6) is 1.11. The van der Waals surface area contributed by atoms with Crippen molar-refractivity contribution < 1.29 is 23.1 Å². The van der Waals surface area contributed by atoms with E-state index in [-0.39, 0.29) is 16.8 Å². The highest BCUT2D eigenvalue weighted by Crippen LogP contribution is 2.38. The van der Waals surface area contributed by atoms with Gasteiger partial charge in [0.25, 0.3) is 0 Å². The lowest BCUT2D eigenvalue weighted by molar-refractivity contribution is -0.119. The number of hydrogen-bond acceptors (Lipinski definition) is 8. The molecule has 5 rings (SSSR count). The predicted molar refractivity (Wildman–Crippen MR) is 148 cm³/mol. The molecular weight excluding hydrogens is 522 g/mol. The number of hydrogen-bond donors (Lipinski definition) is 2. The highest BCUT2D eigenvalue weighted by atomic mass is 32.2. The van der Waals surface area contributed by atoms with Gasteiger partial charge in [-0.05, 0) is 57.1 Å². The molecule has 0 aliphatic carbocycles. The van der Waals surface area contributed by atoms with E-state index in [1.54, 1.807) is 42.3 Å². The van der Waals surface area contributed by atoms with Crippen LogP contribution in [0.5, 0.6) is 0 Å². The fourth-order valence-electron chi connectivity index (χ4n) is 5.55. The third-order valence-electron chi connectivity index (χ3n) is 7.90. The van der Waals surface area contributed by atoms with Crippen LogP contribution in [0.1, 0.15) is 19.8 Å². The van der Waals surface area contributed by atoms with Crippen molar-refractivity contribution in [1.82, 2.24) is 19.1 Å². The smallest absolute Gasteiger partial charge is 0.407 e. The lowest BCUT2D eigenvalue weighted by Gasteiger charge is -2.45. The summed E-state index contributed by atoms with van der Waals surface area (Å²) in [6.45, 7) is 4.93. The van der Waals surface area contributed by atoms with Crippen LogP contribution in [0.15, 0.2) is 41.3 Å². The van der Waals surface area contributed by atoms with Crippen LogP contribution in [0, 0.1) is 0 Å². The van der Waals surface area contributed by atoms with E-state index in [9.17, 15) is 23.1 Å². The van der Waals surface area contributed by atoms with Gasteiger partial charge in [-0.2, -0.15) is 4.31 Å². The molecule has 0 saturated carbocycles. The van der Waals surface area contributed by atoms with Crippen molar-refractivity contribution in [2.75, 3.05) is 68.5 Å². The van der Waals surface area contributed by atoms with Gasteiger partial charge in [-0.25, -0.2) is 18.2 Å². The Morgan fingerprint density at radius 2 is 1.72 bits per heavy atom. The Bertz CT molecular complexity index is 1350. The molecule has 0 bridgehead atoms. The van der Waals surface area contributed by atoms with Gasteiger partial charge in [0.05, 0.1) is 10.6 Å². The second kappa shape index (κ2) is 10.6. The predicted octanol–water partition coefficient (Wildman–Crippen LogP) is 2.08. The molecule has 2 amide bonds. The lowest BCUT2D eigenvalue weighted by Crippen LogP contribution is -2.57. The summed E-state index contributed by atoms with van der Waals surface area (Å²) in [6, 6.07) is 9.83. The standard InChI is InChI=1S/C26H35N7O5S/c1-18-25(34)30(3)22-7-8-23(28-24(22)33(18)20-9-11-31(12-10-20)26(35)36)27-19-5-4-6-21(17-19)39(37,38)32-15-13-29(2)14-16-32/h4-8,17-18,20H,9-16H2,1-3H3,(H,27,28)(H,35,36)/t18-/m1/s1. The molecule has 210 valence electrons. The van der Waals surface area contributed by atoms with Crippen LogP contribution in [-0.2, 0) is 14.8 Å². The first-order valence-corrected chi connectivity index (χ1v) is 14.6. The minimum absolute atomic E-state index is 0.0354. The zero-order valence-electron chi connectivity index (χ0n) is 22.4.